The maximum absolute atomic E-state index is 13.0. The topological polar surface area (TPSA) is 9.23 Å². The fourth-order valence-corrected chi connectivity index (χ4v) is 0.962. The van der Waals surface area contributed by atoms with E-state index in [4.69, 9.17) is 4.74 Å². The molecule has 0 aliphatic heterocycles. The first-order valence-electron chi connectivity index (χ1n) is 3.36. The van der Waals surface area contributed by atoms with E-state index in [-0.39, 0.29) is 5.75 Å². The van der Waals surface area contributed by atoms with Crippen LogP contribution < -0.4 is 4.74 Å². The van der Waals surface area contributed by atoms with E-state index >= 15 is 0 Å². The van der Waals surface area contributed by atoms with E-state index in [9.17, 15) is 4.39 Å². The minimum absolute atomic E-state index is 0.264. The molecule has 0 saturated carbocycles. The van der Waals surface area contributed by atoms with Crippen molar-refractivity contribution in [2.45, 2.75) is 11.8 Å². The molecule has 0 fully saturated rings. The van der Waals surface area contributed by atoms with Gasteiger partial charge in [0.1, 0.15) is 0 Å². The standard InChI is InChI=1S/C8H9FOS/c1-2-10-6-4-3-5-7(11)8(6)9/h3-5,11H,2H2,1H3. The smallest absolute Gasteiger partial charge is 0.178 e. The fourth-order valence-electron chi connectivity index (χ4n) is 0.766. The monoisotopic (exact) mass is 172 g/mol. The summed E-state index contributed by atoms with van der Waals surface area (Å²) in [6.07, 6.45) is 0. The number of ether oxygens (including phenoxy) is 1. The van der Waals surface area contributed by atoms with E-state index in [1.54, 1.807) is 18.2 Å². The molecule has 0 bridgehead atoms. The highest BCUT2D eigenvalue weighted by Crippen LogP contribution is 2.22. The third kappa shape index (κ3) is 1.87. The van der Waals surface area contributed by atoms with Crippen LogP contribution in [0.3, 0.4) is 0 Å². The van der Waals surface area contributed by atoms with Gasteiger partial charge in [0.25, 0.3) is 0 Å². The Morgan fingerprint density at radius 2 is 2.27 bits per heavy atom. The molecule has 1 nitrogen and oxygen atoms in total. The molecule has 1 aromatic carbocycles. The quantitative estimate of drug-likeness (QED) is 0.674. The minimum Gasteiger partial charge on any atom is -0.491 e. The van der Waals surface area contributed by atoms with Crippen LogP contribution in [-0.2, 0) is 0 Å². The van der Waals surface area contributed by atoms with Gasteiger partial charge in [-0.25, -0.2) is 4.39 Å². The van der Waals surface area contributed by atoms with Crippen LogP contribution in [0.1, 0.15) is 6.92 Å². The highest BCUT2D eigenvalue weighted by atomic mass is 32.1. The molecule has 0 heterocycles. The zero-order chi connectivity index (χ0) is 8.27. The van der Waals surface area contributed by atoms with E-state index in [1.165, 1.54) is 0 Å². The SMILES string of the molecule is CCOc1cccc(S)c1F. The molecule has 1 aromatic rings. The average Bonchev–Trinajstić information content (AvgIpc) is 1.99. The lowest BCUT2D eigenvalue weighted by molar-refractivity contribution is 0.318. The van der Waals surface area contributed by atoms with Crippen LogP contribution >= 0.6 is 12.6 Å². The van der Waals surface area contributed by atoms with Gasteiger partial charge in [0.05, 0.1) is 6.61 Å². The molecule has 0 spiro atoms. The van der Waals surface area contributed by atoms with Gasteiger partial charge < -0.3 is 4.74 Å². The van der Waals surface area contributed by atoms with Crippen molar-refractivity contribution in [2.75, 3.05) is 6.61 Å². The molecular formula is C8H9FOS. The molecule has 1 rings (SSSR count). The highest BCUT2D eigenvalue weighted by Gasteiger charge is 2.04. The van der Waals surface area contributed by atoms with E-state index in [2.05, 4.69) is 12.6 Å². The molecule has 0 amide bonds. The van der Waals surface area contributed by atoms with Gasteiger partial charge in [-0.3, -0.25) is 0 Å². The molecule has 0 radical (unpaired) electrons. The van der Waals surface area contributed by atoms with Crippen molar-refractivity contribution in [3.8, 4) is 5.75 Å². The molecule has 0 aliphatic carbocycles. The highest BCUT2D eigenvalue weighted by molar-refractivity contribution is 7.80. The first kappa shape index (κ1) is 8.40. The third-order valence-corrected chi connectivity index (χ3v) is 1.59. The van der Waals surface area contributed by atoms with Crippen LogP contribution in [-0.4, -0.2) is 6.61 Å². The molecule has 60 valence electrons. The number of hydrogen-bond acceptors (Lipinski definition) is 2. The second-order valence-corrected chi connectivity index (χ2v) is 2.50. The van der Waals surface area contributed by atoms with E-state index in [0.29, 0.717) is 11.5 Å². The van der Waals surface area contributed by atoms with Gasteiger partial charge in [0.2, 0.25) is 0 Å². The molecule has 0 aliphatic rings. The van der Waals surface area contributed by atoms with Crippen molar-refractivity contribution in [3.05, 3.63) is 24.0 Å². The number of rotatable bonds is 2. The zero-order valence-corrected chi connectivity index (χ0v) is 7.07. The summed E-state index contributed by atoms with van der Waals surface area (Å²) in [5.74, 6) is -0.127. The van der Waals surface area contributed by atoms with Crippen molar-refractivity contribution in [2.24, 2.45) is 0 Å². The molecule has 0 aromatic heterocycles. The summed E-state index contributed by atoms with van der Waals surface area (Å²) in [6, 6.07) is 4.87. The zero-order valence-electron chi connectivity index (χ0n) is 6.17. The summed E-state index contributed by atoms with van der Waals surface area (Å²) in [5.41, 5.74) is 0. The van der Waals surface area contributed by atoms with Crippen LogP contribution in [0.2, 0.25) is 0 Å². The lowest BCUT2D eigenvalue weighted by Crippen LogP contribution is -1.94. The summed E-state index contributed by atoms with van der Waals surface area (Å²) >= 11 is 3.91. The average molecular weight is 172 g/mol. The maximum Gasteiger partial charge on any atom is 0.178 e. The number of thiol groups is 1. The van der Waals surface area contributed by atoms with Gasteiger partial charge in [-0.05, 0) is 19.1 Å². The summed E-state index contributed by atoms with van der Waals surface area (Å²) in [6.45, 7) is 2.28. The normalized spacial score (nSPS) is 9.73. The molecule has 3 heteroatoms. The van der Waals surface area contributed by atoms with Gasteiger partial charge in [0.15, 0.2) is 11.6 Å². The van der Waals surface area contributed by atoms with Crippen molar-refractivity contribution >= 4 is 12.6 Å². The summed E-state index contributed by atoms with van der Waals surface area (Å²) in [7, 11) is 0. The Balaban J connectivity index is 2.96. The van der Waals surface area contributed by atoms with Gasteiger partial charge in [-0.15, -0.1) is 12.6 Å². The Morgan fingerprint density at radius 3 is 2.91 bits per heavy atom. The largest absolute Gasteiger partial charge is 0.491 e. The Hall–Kier alpha value is -0.700. The Bertz CT molecular complexity index is 250. The Kier molecular flexibility index (Phi) is 2.76. The second kappa shape index (κ2) is 3.62. The summed E-state index contributed by atoms with van der Waals surface area (Å²) < 4.78 is 18.0. The first-order chi connectivity index (χ1) is 5.25. The van der Waals surface area contributed by atoms with Crippen molar-refractivity contribution < 1.29 is 9.13 Å². The molecular weight excluding hydrogens is 163 g/mol. The molecule has 11 heavy (non-hydrogen) atoms. The van der Waals surface area contributed by atoms with E-state index < -0.39 is 5.82 Å². The van der Waals surface area contributed by atoms with Crippen molar-refractivity contribution in [1.29, 1.82) is 0 Å². The Labute approximate surface area is 70.6 Å². The van der Waals surface area contributed by atoms with Crippen LogP contribution in [0.5, 0.6) is 5.75 Å². The molecule has 0 N–H and O–H groups in total. The van der Waals surface area contributed by atoms with E-state index in [0.717, 1.165) is 0 Å². The lowest BCUT2D eigenvalue weighted by atomic mass is 10.3. The van der Waals surface area contributed by atoms with Crippen LogP contribution in [0.25, 0.3) is 0 Å². The molecule has 0 unspecified atom stereocenters. The summed E-state index contributed by atoms with van der Waals surface area (Å²) in [4.78, 5) is 0.316. The predicted molar refractivity (Wildman–Crippen MR) is 44.8 cm³/mol. The van der Waals surface area contributed by atoms with Gasteiger partial charge in [-0.2, -0.15) is 0 Å². The first-order valence-corrected chi connectivity index (χ1v) is 3.80. The van der Waals surface area contributed by atoms with Crippen molar-refractivity contribution in [1.82, 2.24) is 0 Å². The number of benzene rings is 1. The molecule has 0 atom stereocenters. The van der Waals surface area contributed by atoms with Crippen LogP contribution in [0.4, 0.5) is 4.39 Å². The minimum atomic E-state index is -0.391. The van der Waals surface area contributed by atoms with Crippen LogP contribution in [0.15, 0.2) is 23.1 Å². The maximum atomic E-state index is 13.0. The van der Waals surface area contributed by atoms with Crippen molar-refractivity contribution in [3.63, 3.8) is 0 Å². The van der Waals surface area contributed by atoms with Gasteiger partial charge in [-0.1, -0.05) is 6.07 Å². The number of halogens is 1. The van der Waals surface area contributed by atoms with Crippen LogP contribution in [0, 0.1) is 5.82 Å². The van der Waals surface area contributed by atoms with Gasteiger partial charge in [0, 0.05) is 4.90 Å². The second-order valence-electron chi connectivity index (χ2n) is 2.02. The van der Waals surface area contributed by atoms with Gasteiger partial charge >= 0.3 is 0 Å². The third-order valence-electron chi connectivity index (χ3n) is 1.24. The fraction of sp³-hybridized carbons (Fsp3) is 0.250. The molecule has 0 saturated heterocycles. The lowest BCUT2D eigenvalue weighted by Gasteiger charge is -2.04. The van der Waals surface area contributed by atoms with E-state index in [1.807, 2.05) is 6.92 Å². The predicted octanol–water partition coefficient (Wildman–Crippen LogP) is 2.51. The summed E-state index contributed by atoms with van der Waals surface area (Å²) in [5, 5.41) is 0. The Morgan fingerprint density at radius 1 is 1.55 bits per heavy atom. The number of hydrogen-bond donors (Lipinski definition) is 1.